The van der Waals surface area contributed by atoms with Gasteiger partial charge < -0.3 is 15.5 Å². The Balaban J connectivity index is 2.09. The second kappa shape index (κ2) is 7.77. The van der Waals surface area contributed by atoms with Crippen LogP contribution in [0, 0.1) is 0 Å². The molecule has 8 heteroatoms. The van der Waals surface area contributed by atoms with Crippen molar-refractivity contribution in [1.82, 2.24) is 20.4 Å². The topological polar surface area (TPSA) is 98.8 Å². The third-order valence-electron chi connectivity index (χ3n) is 4.67. The lowest BCUT2D eigenvalue weighted by atomic mass is 9.90. The van der Waals surface area contributed by atoms with Gasteiger partial charge in [-0.25, -0.2) is 4.79 Å². The van der Waals surface area contributed by atoms with Crippen molar-refractivity contribution in [2.45, 2.75) is 32.2 Å². The van der Waals surface area contributed by atoms with Crippen LogP contribution in [0.15, 0.2) is 24.3 Å². The molecule has 0 spiro atoms. The molecule has 1 aromatic rings. The van der Waals surface area contributed by atoms with Gasteiger partial charge in [-0.15, -0.1) is 0 Å². The van der Waals surface area contributed by atoms with Crippen molar-refractivity contribution in [1.29, 1.82) is 0 Å². The summed E-state index contributed by atoms with van der Waals surface area (Å²) in [5.74, 6) is -1.01. The summed E-state index contributed by atoms with van der Waals surface area (Å²) in [6.45, 7) is 5.13. The summed E-state index contributed by atoms with van der Waals surface area (Å²) >= 11 is 0. The van der Waals surface area contributed by atoms with E-state index in [0.717, 1.165) is 10.5 Å². The van der Waals surface area contributed by atoms with E-state index in [1.54, 1.807) is 21.0 Å². The average Bonchev–Trinajstić information content (AvgIpc) is 2.83. The highest BCUT2D eigenvalue weighted by Crippen LogP contribution is 2.29. The Morgan fingerprint density at radius 2 is 1.78 bits per heavy atom. The lowest BCUT2D eigenvalue weighted by Crippen LogP contribution is -2.45. The summed E-state index contributed by atoms with van der Waals surface area (Å²) in [5.41, 5.74) is 0.545. The van der Waals surface area contributed by atoms with Gasteiger partial charge in [0.25, 0.3) is 5.91 Å². The number of imide groups is 1. The summed E-state index contributed by atoms with van der Waals surface area (Å²) in [4.78, 5) is 50.9. The molecule has 5 amide bonds. The second-order valence-electron chi connectivity index (χ2n) is 7.29. The van der Waals surface area contributed by atoms with E-state index in [1.807, 2.05) is 24.3 Å². The zero-order valence-corrected chi connectivity index (χ0v) is 16.3. The maximum Gasteiger partial charge on any atom is 0.325 e. The summed E-state index contributed by atoms with van der Waals surface area (Å²) in [7, 11) is 3.14. The molecular weight excluding hydrogens is 348 g/mol. The van der Waals surface area contributed by atoms with E-state index >= 15 is 0 Å². The number of benzene rings is 1. The molecule has 2 rings (SSSR count). The molecule has 1 aliphatic heterocycles. The van der Waals surface area contributed by atoms with Crippen molar-refractivity contribution < 1.29 is 19.2 Å². The second-order valence-corrected chi connectivity index (χ2v) is 7.29. The van der Waals surface area contributed by atoms with E-state index in [9.17, 15) is 19.2 Å². The van der Waals surface area contributed by atoms with E-state index in [-0.39, 0.29) is 12.5 Å². The molecule has 1 saturated heterocycles. The van der Waals surface area contributed by atoms with Crippen LogP contribution in [0.25, 0.3) is 0 Å². The Labute approximate surface area is 158 Å². The average molecular weight is 374 g/mol. The number of amides is 5. The number of nitrogens with zero attached hydrogens (tertiary/aromatic N) is 2. The van der Waals surface area contributed by atoms with Gasteiger partial charge in [0.05, 0.1) is 6.54 Å². The Hall–Kier alpha value is -2.90. The van der Waals surface area contributed by atoms with Gasteiger partial charge in [0.2, 0.25) is 11.8 Å². The van der Waals surface area contributed by atoms with Crippen molar-refractivity contribution in [2.24, 2.45) is 0 Å². The predicted molar refractivity (Wildman–Crippen MR) is 99.8 cm³/mol. The molecule has 146 valence electrons. The largest absolute Gasteiger partial charge is 0.347 e. The van der Waals surface area contributed by atoms with Crippen molar-refractivity contribution >= 4 is 23.8 Å². The van der Waals surface area contributed by atoms with Crippen molar-refractivity contribution in [2.75, 3.05) is 27.2 Å². The molecule has 0 bridgehead atoms. The van der Waals surface area contributed by atoms with Gasteiger partial charge in [-0.2, -0.15) is 0 Å². The maximum atomic E-state index is 12.8. The van der Waals surface area contributed by atoms with Crippen LogP contribution < -0.4 is 10.6 Å². The van der Waals surface area contributed by atoms with Crippen LogP contribution in [0.3, 0.4) is 0 Å². The zero-order chi connectivity index (χ0) is 20.4. The standard InChI is InChI=1S/C19H26N4O4/c1-12(2)13-6-8-14(9-7-13)19(3)17(26)23(18(27)21-19)11-15(24)20-10-16(25)22(4)5/h6-9,12H,10-11H2,1-5H3,(H,20,24)(H,21,27)/t19-/m1/s1. The van der Waals surface area contributed by atoms with Crippen molar-refractivity contribution in [3.05, 3.63) is 35.4 Å². The minimum atomic E-state index is -1.23. The number of carbonyl (C=O) groups excluding carboxylic acids is 4. The number of urea groups is 1. The Kier molecular flexibility index (Phi) is 5.88. The molecule has 8 nitrogen and oxygen atoms in total. The monoisotopic (exact) mass is 374 g/mol. The quantitative estimate of drug-likeness (QED) is 0.719. The summed E-state index contributed by atoms with van der Waals surface area (Å²) < 4.78 is 0. The highest BCUT2D eigenvalue weighted by Gasteiger charge is 2.49. The first-order valence-electron chi connectivity index (χ1n) is 8.77. The summed E-state index contributed by atoms with van der Waals surface area (Å²) in [6.07, 6.45) is 0. The van der Waals surface area contributed by atoms with E-state index in [4.69, 9.17) is 0 Å². The van der Waals surface area contributed by atoms with Crippen molar-refractivity contribution in [3.63, 3.8) is 0 Å². The first-order valence-corrected chi connectivity index (χ1v) is 8.77. The van der Waals surface area contributed by atoms with Crippen LogP contribution in [-0.2, 0) is 19.9 Å². The fraction of sp³-hybridized carbons (Fsp3) is 0.474. The van der Waals surface area contributed by atoms with E-state index in [2.05, 4.69) is 24.5 Å². The van der Waals surface area contributed by atoms with Crippen LogP contribution in [-0.4, -0.2) is 60.7 Å². The Morgan fingerprint density at radius 1 is 1.19 bits per heavy atom. The van der Waals surface area contributed by atoms with Crippen LogP contribution in [0.2, 0.25) is 0 Å². The molecule has 0 aliphatic carbocycles. The molecule has 2 N–H and O–H groups in total. The first-order chi connectivity index (χ1) is 12.6. The van der Waals surface area contributed by atoms with Gasteiger partial charge in [-0.1, -0.05) is 38.1 Å². The number of hydrogen-bond acceptors (Lipinski definition) is 4. The maximum absolute atomic E-state index is 12.8. The van der Waals surface area contributed by atoms with Crippen LogP contribution in [0.4, 0.5) is 4.79 Å². The minimum Gasteiger partial charge on any atom is -0.347 e. The van der Waals surface area contributed by atoms with Gasteiger partial charge in [0.15, 0.2) is 0 Å². The van der Waals surface area contributed by atoms with Gasteiger partial charge in [-0.05, 0) is 24.0 Å². The minimum absolute atomic E-state index is 0.191. The highest BCUT2D eigenvalue weighted by molar-refractivity contribution is 6.09. The molecule has 0 unspecified atom stereocenters. The first kappa shape index (κ1) is 20.4. The number of carbonyl (C=O) groups is 4. The molecule has 0 aromatic heterocycles. The third kappa shape index (κ3) is 4.27. The fourth-order valence-electron chi connectivity index (χ4n) is 2.77. The number of nitrogens with one attached hydrogen (secondary N) is 2. The van der Waals surface area contributed by atoms with E-state index in [1.165, 1.54) is 4.90 Å². The van der Waals surface area contributed by atoms with Gasteiger partial charge in [0, 0.05) is 14.1 Å². The van der Waals surface area contributed by atoms with Gasteiger partial charge in [0.1, 0.15) is 12.1 Å². The highest BCUT2D eigenvalue weighted by atomic mass is 16.2. The smallest absolute Gasteiger partial charge is 0.325 e. The van der Waals surface area contributed by atoms with Crippen molar-refractivity contribution in [3.8, 4) is 0 Å². The number of rotatable bonds is 6. The normalized spacial score (nSPS) is 19.3. The molecule has 27 heavy (non-hydrogen) atoms. The van der Waals surface area contributed by atoms with Gasteiger partial charge in [-0.3, -0.25) is 19.3 Å². The molecule has 0 saturated carbocycles. The zero-order valence-electron chi connectivity index (χ0n) is 16.3. The van der Waals surface area contributed by atoms with Crippen LogP contribution in [0.1, 0.15) is 37.8 Å². The summed E-state index contributed by atoms with van der Waals surface area (Å²) in [5, 5.41) is 5.08. The Bertz CT molecular complexity index is 757. The van der Waals surface area contributed by atoms with Crippen LogP contribution in [0.5, 0.6) is 0 Å². The third-order valence-corrected chi connectivity index (χ3v) is 4.67. The molecule has 1 atom stereocenters. The molecule has 1 fully saturated rings. The lowest BCUT2D eigenvalue weighted by Gasteiger charge is -2.22. The Morgan fingerprint density at radius 3 is 2.30 bits per heavy atom. The SMILES string of the molecule is CC(C)c1ccc([C@@]2(C)NC(=O)N(CC(=O)NCC(=O)N(C)C)C2=O)cc1. The molecule has 0 radical (unpaired) electrons. The number of likely N-dealkylation sites (N-methyl/N-ethyl adjacent to an activating group) is 1. The number of hydrogen-bond donors (Lipinski definition) is 2. The van der Waals surface area contributed by atoms with Crippen LogP contribution >= 0.6 is 0 Å². The predicted octanol–water partition coefficient (Wildman–Crippen LogP) is 0.781. The van der Waals surface area contributed by atoms with Gasteiger partial charge >= 0.3 is 6.03 Å². The molecule has 1 heterocycles. The molecule has 1 aliphatic rings. The molecule has 1 aromatic carbocycles. The molecular formula is C19H26N4O4. The summed E-state index contributed by atoms with van der Waals surface area (Å²) in [6, 6.07) is 6.84. The van der Waals surface area contributed by atoms with E-state index < -0.39 is 29.9 Å². The lowest BCUT2D eigenvalue weighted by molar-refractivity contribution is -0.135. The fourth-order valence-corrected chi connectivity index (χ4v) is 2.77. The van der Waals surface area contributed by atoms with E-state index in [0.29, 0.717) is 11.5 Å².